The summed E-state index contributed by atoms with van der Waals surface area (Å²) in [6, 6.07) is 3.10. The predicted octanol–water partition coefficient (Wildman–Crippen LogP) is 4.54. The fourth-order valence-electron chi connectivity index (χ4n) is 0.787. The van der Waals surface area contributed by atoms with E-state index in [1.165, 1.54) is 17.8 Å². The van der Waals surface area contributed by atoms with Crippen molar-refractivity contribution in [2.24, 2.45) is 0 Å². The highest BCUT2D eigenvalue weighted by Gasteiger charge is 2.03. The minimum absolute atomic E-state index is 0.243. The quantitative estimate of drug-likeness (QED) is 0.627. The van der Waals surface area contributed by atoms with Crippen LogP contribution in [0, 0.1) is 12.7 Å². The first-order valence-corrected chi connectivity index (χ1v) is 5.75. The minimum Gasteiger partial charge on any atom is -0.207 e. The van der Waals surface area contributed by atoms with Gasteiger partial charge in [-0.2, -0.15) is 0 Å². The lowest BCUT2D eigenvalue weighted by Crippen LogP contribution is -1.83. The van der Waals surface area contributed by atoms with E-state index in [0.29, 0.717) is 10.6 Å². The van der Waals surface area contributed by atoms with Crippen molar-refractivity contribution in [3.8, 4) is 0 Å². The molecule has 0 radical (unpaired) electrons. The van der Waals surface area contributed by atoms with Gasteiger partial charge in [-0.15, -0.1) is 11.8 Å². The molecule has 0 aliphatic carbocycles. The van der Waals surface area contributed by atoms with Crippen molar-refractivity contribution in [1.29, 1.82) is 0 Å². The summed E-state index contributed by atoms with van der Waals surface area (Å²) in [4.78, 5) is 0.922. The van der Waals surface area contributed by atoms with Gasteiger partial charge in [-0.05, 0) is 30.9 Å². The lowest BCUT2D eigenvalue weighted by molar-refractivity contribution is 0.617. The summed E-state index contributed by atoms with van der Waals surface area (Å²) < 4.78 is 12.8. The molecule has 0 aromatic heterocycles. The van der Waals surface area contributed by atoms with Gasteiger partial charge in [0.25, 0.3) is 0 Å². The van der Waals surface area contributed by atoms with Crippen LogP contribution in [-0.2, 0) is 0 Å². The molecule has 0 atom stereocenters. The van der Waals surface area contributed by atoms with Gasteiger partial charge in [-0.25, -0.2) is 4.39 Å². The van der Waals surface area contributed by atoms with Crippen molar-refractivity contribution in [1.82, 2.24) is 0 Å². The van der Waals surface area contributed by atoms with Crippen molar-refractivity contribution in [2.75, 3.05) is 6.26 Å². The van der Waals surface area contributed by atoms with E-state index in [0.717, 1.165) is 4.90 Å². The molecule has 0 aliphatic rings. The lowest BCUT2D eigenvalue weighted by Gasteiger charge is -2.02. The number of thioether (sulfide) groups is 1. The Labute approximate surface area is 88.5 Å². The maximum absolute atomic E-state index is 12.8. The Hall–Kier alpha value is -0.210. The van der Waals surface area contributed by atoms with Crippen LogP contribution >= 0.6 is 23.4 Å². The largest absolute Gasteiger partial charge is 0.207 e. The van der Waals surface area contributed by atoms with Crippen LogP contribution in [0.25, 0.3) is 0 Å². The smallest absolute Gasteiger partial charge is 0.127 e. The number of rotatable bonds is 1. The van der Waals surface area contributed by atoms with E-state index >= 15 is 0 Å². The molecule has 0 unspecified atom stereocenters. The molecule has 1 aromatic carbocycles. The first-order valence-electron chi connectivity index (χ1n) is 4.15. The zero-order chi connectivity index (χ0) is 10.4. The van der Waals surface area contributed by atoms with Gasteiger partial charge in [0.15, 0.2) is 0 Å². The molecule has 0 amide bonds. The van der Waals surface area contributed by atoms with Gasteiger partial charge in [0, 0.05) is 4.90 Å². The Kier molecular flexibility index (Phi) is 6.17. The van der Waals surface area contributed by atoms with Crippen LogP contribution in [0.1, 0.15) is 19.4 Å². The average Bonchev–Trinajstić information content (AvgIpc) is 2.15. The third-order valence-corrected chi connectivity index (χ3v) is 2.64. The molecular weight excluding hydrogens is 207 g/mol. The number of benzene rings is 1. The first kappa shape index (κ1) is 12.8. The van der Waals surface area contributed by atoms with Crippen LogP contribution in [0.15, 0.2) is 17.0 Å². The molecule has 13 heavy (non-hydrogen) atoms. The van der Waals surface area contributed by atoms with Gasteiger partial charge < -0.3 is 0 Å². The summed E-state index contributed by atoms with van der Waals surface area (Å²) in [5.41, 5.74) is 0.638. The van der Waals surface area contributed by atoms with E-state index in [1.54, 1.807) is 13.0 Å². The molecule has 0 heterocycles. The first-order chi connectivity index (χ1) is 6.15. The Morgan fingerprint density at radius 1 is 1.31 bits per heavy atom. The summed E-state index contributed by atoms with van der Waals surface area (Å²) in [6.07, 6.45) is 1.92. The van der Waals surface area contributed by atoms with Crippen LogP contribution in [0.2, 0.25) is 5.02 Å². The maximum atomic E-state index is 12.8. The normalized spacial score (nSPS) is 9.08. The molecule has 0 fully saturated rings. The molecular formula is C10H14ClFS. The summed E-state index contributed by atoms with van der Waals surface area (Å²) in [6.45, 7) is 5.73. The Morgan fingerprint density at radius 3 is 2.31 bits per heavy atom. The standard InChI is InChI=1S/C8H8ClFS.C2H6/c1-5-3-8(11-2)6(9)4-7(5)10;1-2/h3-4H,1-2H3;1-2H3. The Bertz CT molecular complexity index is 274. The number of halogens is 2. The maximum Gasteiger partial charge on any atom is 0.127 e. The van der Waals surface area contributed by atoms with Crippen molar-refractivity contribution >= 4 is 23.4 Å². The van der Waals surface area contributed by atoms with Gasteiger partial charge in [-0.3, -0.25) is 0 Å². The van der Waals surface area contributed by atoms with Crippen LogP contribution in [0.4, 0.5) is 4.39 Å². The zero-order valence-electron chi connectivity index (χ0n) is 8.32. The minimum atomic E-state index is -0.243. The average molecular weight is 221 g/mol. The van der Waals surface area contributed by atoms with Gasteiger partial charge in [0.1, 0.15) is 5.82 Å². The van der Waals surface area contributed by atoms with E-state index in [1.807, 2.05) is 20.1 Å². The number of hydrogen-bond donors (Lipinski definition) is 0. The molecule has 74 valence electrons. The van der Waals surface area contributed by atoms with Gasteiger partial charge >= 0.3 is 0 Å². The third-order valence-electron chi connectivity index (χ3n) is 1.43. The second-order valence-corrected chi connectivity index (χ2v) is 3.49. The van der Waals surface area contributed by atoms with E-state index in [9.17, 15) is 4.39 Å². The summed E-state index contributed by atoms with van der Waals surface area (Å²) in [7, 11) is 0. The van der Waals surface area contributed by atoms with Gasteiger partial charge in [0.05, 0.1) is 5.02 Å². The summed E-state index contributed by atoms with van der Waals surface area (Å²) >= 11 is 7.26. The lowest BCUT2D eigenvalue weighted by atomic mass is 10.2. The highest BCUT2D eigenvalue weighted by atomic mass is 35.5. The molecule has 0 saturated carbocycles. The van der Waals surface area contributed by atoms with E-state index in [2.05, 4.69) is 0 Å². The molecule has 0 bridgehead atoms. The monoisotopic (exact) mass is 220 g/mol. The Balaban J connectivity index is 0.000000671. The van der Waals surface area contributed by atoms with Gasteiger partial charge in [-0.1, -0.05) is 25.4 Å². The fourth-order valence-corrected chi connectivity index (χ4v) is 1.72. The van der Waals surface area contributed by atoms with E-state index in [4.69, 9.17) is 11.6 Å². The van der Waals surface area contributed by atoms with Crippen LogP contribution < -0.4 is 0 Å². The van der Waals surface area contributed by atoms with Crippen LogP contribution in [0.3, 0.4) is 0 Å². The SMILES string of the molecule is CC.CSc1cc(C)c(F)cc1Cl. The predicted molar refractivity (Wildman–Crippen MR) is 59.3 cm³/mol. The molecule has 0 nitrogen and oxygen atoms in total. The summed E-state index contributed by atoms with van der Waals surface area (Å²) in [5, 5.41) is 0.487. The highest BCUT2D eigenvalue weighted by molar-refractivity contribution is 7.98. The van der Waals surface area contributed by atoms with Crippen molar-refractivity contribution in [3.05, 3.63) is 28.5 Å². The van der Waals surface area contributed by atoms with E-state index in [-0.39, 0.29) is 5.82 Å². The Morgan fingerprint density at radius 2 is 1.85 bits per heavy atom. The molecule has 0 spiro atoms. The van der Waals surface area contributed by atoms with Crippen LogP contribution in [0.5, 0.6) is 0 Å². The fraction of sp³-hybridized carbons (Fsp3) is 0.400. The van der Waals surface area contributed by atoms with Gasteiger partial charge in [0.2, 0.25) is 0 Å². The third kappa shape index (κ3) is 3.57. The number of hydrogen-bond acceptors (Lipinski definition) is 1. The zero-order valence-corrected chi connectivity index (χ0v) is 9.89. The molecule has 1 aromatic rings. The van der Waals surface area contributed by atoms with E-state index < -0.39 is 0 Å². The van der Waals surface area contributed by atoms with Crippen molar-refractivity contribution in [2.45, 2.75) is 25.7 Å². The number of aryl methyl sites for hydroxylation is 1. The van der Waals surface area contributed by atoms with Crippen molar-refractivity contribution < 1.29 is 4.39 Å². The second-order valence-electron chi connectivity index (χ2n) is 2.24. The molecule has 3 heteroatoms. The molecule has 0 aliphatic heterocycles. The van der Waals surface area contributed by atoms with Crippen molar-refractivity contribution in [3.63, 3.8) is 0 Å². The molecule has 1 rings (SSSR count). The molecule has 0 N–H and O–H groups in total. The summed E-state index contributed by atoms with van der Waals surface area (Å²) in [5.74, 6) is -0.243. The molecule has 0 saturated heterocycles. The van der Waals surface area contributed by atoms with Crippen LogP contribution in [-0.4, -0.2) is 6.26 Å². The highest BCUT2D eigenvalue weighted by Crippen LogP contribution is 2.27. The second kappa shape index (κ2) is 6.28. The topological polar surface area (TPSA) is 0 Å².